The van der Waals surface area contributed by atoms with E-state index in [-0.39, 0.29) is 5.91 Å². The van der Waals surface area contributed by atoms with E-state index in [0.29, 0.717) is 26.1 Å². The van der Waals surface area contributed by atoms with Crippen LogP contribution < -0.4 is 0 Å². The highest BCUT2D eigenvalue weighted by molar-refractivity contribution is 5.85. The lowest BCUT2D eigenvalue weighted by atomic mass is 9.82. The van der Waals surface area contributed by atoms with Crippen molar-refractivity contribution < 1.29 is 14.3 Å². The third-order valence-corrected chi connectivity index (χ3v) is 5.34. The number of amides is 1. The monoisotopic (exact) mass is 267 g/mol. The number of nitrogens with zero attached hydrogens (tertiary/aromatic N) is 1. The highest BCUT2D eigenvalue weighted by Gasteiger charge is 2.46. The molecule has 108 valence electrons. The average Bonchev–Trinajstić information content (AvgIpc) is 2.91. The van der Waals surface area contributed by atoms with Crippen LogP contribution in [0.3, 0.4) is 0 Å². The van der Waals surface area contributed by atoms with Gasteiger partial charge in [-0.05, 0) is 24.7 Å². The summed E-state index contributed by atoms with van der Waals surface area (Å²) in [6.45, 7) is 3.19. The number of methoxy groups -OCH3 is 1. The topological polar surface area (TPSA) is 38.8 Å². The first-order valence-corrected chi connectivity index (χ1v) is 7.67. The molecule has 1 aliphatic carbocycles. The van der Waals surface area contributed by atoms with Gasteiger partial charge in [-0.3, -0.25) is 4.79 Å². The largest absolute Gasteiger partial charge is 0.381 e. The van der Waals surface area contributed by atoms with Gasteiger partial charge in [-0.15, -0.1) is 0 Å². The molecule has 0 aromatic carbocycles. The minimum atomic E-state index is -0.605. The van der Waals surface area contributed by atoms with Crippen molar-refractivity contribution in [3.63, 3.8) is 0 Å². The summed E-state index contributed by atoms with van der Waals surface area (Å²) in [6, 6.07) is 0. The van der Waals surface area contributed by atoms with Crippen molar-refractivity contribution >= 4 is 5.91 Å². The Morgan fingerprint density at radius 2 is 1.74 bits per heavy atom. The van der Waals surface area contributed by atoms with Crippen LogP contribution in [0.4, 0.5) is 0 Å². The summed E-state index contributed by atoms with van der Waals surface area (Å²) >= 11 is 0. The van der Waals surface area contributed by atoms with Gasteiger partial charge in [-0.2, -0.15) is 0 Å². The summed E-state index contributed by atoms with van der Waals surface area (Å²) in [5.74, 6) is 1.70. The van der Waals surface area contributed by atoms with Gasteiger partial charge in [0.25, 0.3) is 5.91 Å². The first-order valence-electron chi connectivity index (χ1n) is 7.67. The third kappa shape index (κ3) is 2.40. The molecule has 3 rings (SSSR count). The zero-order valence-electron chi connectivity index (χ0n) is 11.9. The first-order chi connectivity index (χ1) is 9.25. The second-order valence-electron chi connectivity index (χ2n) is 6.33. The summed E-state index contributed by atoms with van der Waals surface area (Å²) in [7, 11) is 1.67. The molecule has 2 saturated heterocycles. The van der Waals surface area contributed by atoms with Gasteiger partial charge >= 0.3 is 0 Å². The third-order valence-electron chi connectivity index (χ3n) is 5.34. The molecule has 0 spiro atoms. The number of rotatable bonds is 2. The van der Waals surface area contributed by atoms with Crippen molar-refractivity contribution in [1.29, 1.82) is 0 Å². The van der Waals surface area contributed by atoms with Gasteiger partial charge in [0.15, 0.2) is 5.60 Å². The van der Waals surface area contributed by atoms with Crippen LogP contribution in [0.1, 0.15) is 38.5 Å². The predicted octanol–water partition coefficient (Wildman–Crippen LogP) is 1.83. The fraction of sp³-hybridized carbons (Fsp3) is 0.933. The van der Waals surface area contributed by atoms with E-state index in [2.05, 4.69) is 4.90 Å². The predicted molar refractivity (Wildman–Crippen MR) is 71.8 cm³/mol. The minimum Gasteiger partial charge on any atom is -0.381 e. The van der Waals surface area contributed by atoms with E-state index in [9.17, 15) is 4.79 Å². The van der Waals surface area contributed by atoms with Gasteiger partial charge in [0.2, 0.25) is 0 Å². The van der Waals surface area contributed by atoms with E-state index in [1.807, 2.05) is 0 Å². The smallest absolute Gasteiger partial charge is 0.255 e. The fourth-order valence-corrected chi connectivity index (χ4v) is 4.07. The Morgan fingerprint density at radius 3 is 2.26 bits per heavy atom. The minimum absolute atomic E-state index is 0.215. The van der Waals surface area contributed by atoms with Crippen molar-refractivity contribution in [2.75, 3.05) is 33.4 Å². The number of fused-ring (bicyclic) bond motifs is 1. The molecule has 0 N–H and O–H groups in total. The summed E-state index contributed by atoms with van der Waals surface area (Å²) in [6.07, 6.45) is 6.69. The van der Waals surface area contributed by atoms with E-state index < -0.39 is 5.60 Å². The molecule has 0 aromatic heterocycles. The number of hydrogen-bond acceptors (Lipinski definition) is 3. The number of carbonyl (C=O) groups excluding carboxylic acids is 1. The lowest BCUT2D eigenvalue weighted by Crippen LogP contribution is -2.52. The molecule has 1 amide bonds. The number of hydrogen-bond donors (Lipinski definition) is 0. The molecular formula is C15H25NO3. The molecule has 2 atom stereocenters. The van der Waals surface area contributed by atoms with Crippen molar-refractivity contribution in [3.05, 3.63) is 0 Å². The molecule has 0 aromatic rings. The molecule has 19 heavy (non-hydrogen) atoms. The average molecular weight is 267 g/mol. The zero-order chi connectivity index (χ0) is 13.3. The SMILES string of the molecule is COC1(C(=O)N2C[C@H]3CCCC[C@H]3C2)CCOCC1. The maximum Gasteiger partial charge on any atom is 0.255 e. The maximum atomic E-state index is 12.8. The standard InChI is InChI=1S/C15H25NO3/c1-18-15(6-8-19-9-7-15)14(17)16-10-12-4-2-3-5-13(12)11-16/h12-13H,2-11H2,1H3/t12-,13+. The van der Waals surface area contributed by atoms with Gasteiger partial charge in [-0.1, -0.05) is 12.8 Å². The van der Waals surface area contributed by atoms with Crippen LogP contribution >= 0.6 is 0 Å². The molecule has 4 heteroatoms. The van der Waals surface area contributed by atoms with Crippen LogP contribution in [-0.2, 0) is 14.3 Å². The Balaban J connectivity index is 1.69. The summed E-state index contributed by atoms with van der Waals surface area (Å²) < 4.78 is 11.0. The molecule has 3 aliphatic rings. The Labute approximate surface area is 115 Å². The number of carbonyl (C=O) groups is 1. The quantitative estimate of drug-likeness (QED) is 0.766. The molecular weight excluding hydrogens is 242 g/mol. The molecule has 0 radical (unpaired) electrons. The van der Waals surface area contributed by atoms with Gasteiger partial charge in [0.05, 0.1) is 0 Å². The molecule has 0 bridgehead atoms. The molecule has 2 heterocycles. The highest BCUT2D eigenvalue weighted by Crippen LogP contribution is 2.38. The highest BCUT2D eigenvalue weighted by atomic mass is 16.5. The van der Waals surface area contributed by atoms with Gasteiger partial charge < -0.3 is 14.4 Å². The summed E-state index contributed by atoms with van der Waals surface area (Å²) in [4.78, 5) is 14.9. The van der Waals surface area contributed by atoms with Gasteiger partial charge in [0.1, 0.15) is 0 Å². The van der Waals surface area contributed by atoms with E-state index in [1.54, 1.807) is 7.11 Å². The van der Waals surface area contributed by atoms with Crippen molar-refractivity contribution in [2.24, 2.45) is 11.8 Å². The van der Waals surface area contributed by atoms with E-state index >= 15 is 0 Å². The zero-order valence-corrected chi connectivity index (χ0v) is 11.9. The van der Waals surface area contributed by atoms with Crippen LogP contribution in [0.15, 0.2) is 0 Å². The molecule has 4 nitrogen and oxygen atoms in total. The number of ether oxygens (including phenoxy) is 2. The first kappa shape index (κ1) is 13.4. The van der Waals surface area contributed by atoms with Crippen molar-refractivity contribution in [3.8, 4) is 0 Å². The Kier molecular flexibility index (Phi) is 3.81. The van der Waals surface area contributed by atoms with E-state index in [4.69, 9.17) is 9.47 Å². The van der Waals surface area contributed by atoms with Crippen molar-refractivity contribution in [2.45, 2.75) is 44.1 Å². The summed E-state index contributed by atoms with van der Waals surface area (Å²) in [5.41, 5.74) is -0.605. The fourth-order valence-electron chi connectivity index (χ4n) is 4.07. The molecule has 2 aliphatic heterocycles. The summed E-state index contributed by atoms with van der Waals surface area (Å²) in [5, 5.41) is 0. The lowest BCUT2D eigenvalue weighted by Gasteiger charge is -2.37. The van der Waals surface area contributed by atoms with Gasteiger partial charge in [0, 0.05) is 46.3 Å². The second kappa shape index (κ2) is 5.41. The molecule has 3 fully saturated rings. The van der Waals surface area contributed by atoms with E-state index in [0.717, 1.165) is 24.9 Å². The van der Waals surface area contributed by atoms with Gasteiger partial charge in [-0.25, -0.2) is 0 Å². The van der Waals surface area contributed by atoms with Crippen molar-refractivity contribution in [1.82, 2.24) is 4.90 Å². The Bertz CT molecular complexity index is 324. The van der Waals surface area contributed by atoms with Crippen LogP contribution in [0.5, 0.6) is 0 Å². The van der Waals surface area contributed by atoms with Crippen LogP contribution in [0.2, 0.25) is 0 Å². The number of likely N-dealkylation sites (tertiary alicyclic amines) is 1. The normalized spacial score (nSPS) is 34.1. The molecule has 1 saturated carbocycles. The molecule has 0 unspecified atom stereocenters. The second-order valence-corrected chi connectivity index (χ2v) is 6.33. The Morgan fingerprint density at radius 1 is 1.16 bits per heavy atom. The van der Waals surface area contributed by atoms with E-state index in [1.165, 1.54) is 25.7 Å². The Hall–Kier alpha value is -0.610. The van der Waals surface area contributed by atoms with Crippen LogP contribution in [0.25, 0.3) is 0 Å². The maximum absolute atomic E-state index is 12.8. The lowest BCUT2D eigenvalue weighted by molar-refractivity contribution is -0.165. The van der Waals surface area contributed by atoms with Crippen LogP contribution in [0, 0.1) is 11.8 Å². The van der Waals surface area contributed by atoms with Crippen LogP contribution in [-0.4, -0.2) is 49.8 Å².